The van der Waals surface area contributed by atoms with Crippen LogP contribution >= 0.6 is 11.6 Å². The topological polar surface area (TPSA) is 60.0 Å². The molecule has 0 aliphatic carbocycles. The molecule has 5 rings (SSSR count). The van der Waals surface area contributed by atoms with Crippen molar-refractivity contribution in [2.24, 2.45) is 0 Å². The van der Waals surface area contributed by atoms with E-state index in [4.69, 9.17) is 21.7 Å². The maximum absolute atomic E-state index is 6.19. The van der Waals surface area contributed by atoms with Gasteiger partial charge in [0.2, 0.25) is 0 Å². The lowest BCUT2D eigenvalue weighted by molar-refractivity contribution is 0.659. The predicted molar refractivity (Wildman–Crippen MR) is 124 cm³/mol. The fourth-order valence-corrected chi connectivity index (χ4v) is 3.73. The first-order valence-electron chi connectivity index (χ1n) is 10.2. The van der Waals surface area contributed by atoms with Crippen molar-refractivity contribution in [1.82, 2.24) is 24.1 Å². The van der Waals surface area contributed by atoms with Crippen LogP contribution in [0, 0.1) is 0 Å². The van der Waals surface area contributed by atoms with Crippen LogP contribution in [0.15, 0.2) is 85.5 Å². The number of halogens is 1. The molecule has 0 radical (unpaired) electrons. The molecule has 0 saturated heterocycles. The second-order valence-electron chi connectivity index (χ2n) is 7.28. The minimum Gasteiger partial charge on any atom is -0.370 e. The molecule has 7 heteroatoms. The Bertz CT molecular complexity index is 1290. The number of aromatic nitrogens is 5. The molecule has 0 saturated carbocycles. The molecule has 0 unspecified atom stereocenters. The molecular weight excluding hydrogens is 408 g/mol. The Morgan fingerprint density at radius 1 is 0.903 bits per heavy atom. The third kappa shape index (κ3) is 4.29. The Hall–Kier alpha value is -3.64. The van der Waals surface area contributed by atoms with Gasteiger partial charge < -0.3 is 9.88 Å². The number of imidazole rings is 1. The van der Waals surface area contributed by atoms with Crippen LogP contribution < -0.4 is 5.32 Å². The zero-order valence-electron chi connectivity index (χ0n) is 16.8. The van der Waals surface area contributed by atoms with Crippen molar-refractivity contribution in [2.45, 2.75) is 13.0 Å². The average Bonchev–Trinajstić information content (AvgIpc) is 3.47. The lowest BCUT2D eigenvalue weighted by Crippen LogP contribution is -2.10. The smallest absolute Gasteiger partial charge is 0.158 e. The Kier molecular flexibility index (Phi) is 5.37. The van der Waals surface area contributed by atoms with Crippen LogP contribution in [-0.2, 0) is 6.54 Å². The van der Waals surface area contributed by atoms with E-state index in [0.29, 0.717) is 5.02 Å². The van der Waals surface area contributed by atoms with E-state index in [1.165, 1.54) is 0 Å². The number of anilines is 1. The van der Waals surface area contributed by atoms with Gasteiger partial charge in [0.15, 0.2) is 5.65 Å². The normalized spacial score (nSPS) is 11.1. The summed E-state index contributed by atoms with van der Waals surface area (Å²) in [7, 11) is 0. The summed E-state index contributed by atoms with van der Waals surface area (Å²) in [6, 6.07) is 21.9. The third-order valence-electron chi connectivity index (χ3n) is 5.08. The third-order valence-corrected chi connectivity index (χ3v) is 5.31. The van der Waals surface area contributed by atoms with Gasteiger partial charge in [-0.2, -0.15) is 9.61 Å². The molecule has 0 aliphatic heterocycles. The lowest BCUT2D eigenvalue weighted by Gasteiger charge is -2.11. The van der Waals surface area contributed by atoms with Crippen molar-refractivity contribution in [3.05, 3.63) is 90.5 Å². The molecular formula is C24H21ClN6. The van der Waals surface area contributed by atoms with Gasteiger partial charge in [-0.3, -0.25) is 0 Å². The van der Waals surface area contributed by atoms with Crippen molar-refractivity contribution in [1.29, 1.82) is 0 Å². The summed E-state index contributed by atoms with van der Waals surface area (Å²) >= 11 is 6.19. The van der Waals surface area contributed by atoms with Gasteiger partial charge in [-0.05, 0) is 18.6 Å². The summed E-state index contributed by atoms with van der Waals surface area (Å²) in [6.45, 7) is 1.71. The average molecular weight is 429 g/mol. The van der Waals surface area contributed by atoms with E-state index in [-0.39, 0.29) is 0 Å². The SMILES string of the molecule is Clc1cccc(-c2cc3nc(-c4ccccc4)cc(NCCCn4ccnc4)n3n2)c1. The fourth-order valence-electron chi connectivity index (χ4n) is 3.54. The van der Waals surface area contributed by atoms with E-state index in [1.54, 1.807) is 6.20 Å². The van der Waals surface area contributed by atoms with Gasteiger partial charge in [-0.15, -0.1) is 0 Å². The molecule has 3 aromatic heterocycles. The number of rotatable bonds is 7. The Balaban J connectivity index is 1.49. The van der Waals surface area contributed by atoms with E-state index < -0.39 is 0 Å². The molecule has 6 nitrogen and oxygen atoms in total. The summed E-state index contributed by atoms with van der Waals surface area (Å²) in [5.41, 5.74) is 4.56. The number of hydrogen-bond donors (Lipinski definition) is 1. The van der Waals surface area contributed by atoms with Crippen LogP contribution in [0.4, 0.5) is 5.82 Å². The minimum atomic E-state index is 0.686. The second kappa shape index (κ2) is 8.62. The lowest BCUT2D eigenvalue weighted by atomic mass is 10.1. The number of aryl methyl sites for hydroxylation is 1. The number of nitrogens with zero attached hydrogens (tertiary/aromatic N) is 5. The van der Waals surface area contributed by atoms with Crippen LogP contribution in [0.25, 0.3) is 28.2 Å². The van der Waals surface area contributed by atoms with Crippen LogP contribution in [0.5, 0.6) is 0 Å². The highest BCUT2D eigenvalue weighted by Gasteiger charge is 2.12. The summed E-state index contributed by atoms with van der Waals surface area (Å²) in [5.74, 6) is 0.905. The predicted octanol–water partition coefficient (Wildman–Crippen LogP) is 5.42. The van der Waals surface area contributed by atoms with Crippen molar-refractivity contribution in [3.8, 4) is 22.5 Å². The van der Waals surface area contributed by atoms with Crippen LogP contribution in [0.3, 0.4) is 0 Å². The van der Waals surface area contributed by atoms with Crippen LogP contribution in [-0.4, -0.2) is 30.7 Å². The molecule has 0 bridgehead atoms. The molecule has 1 N–H and O–H groups in total. The molecule has 0 spiro atoms. The molecule has 3 heterocycles. The number of fused-ring (bicyclic) bond motifs is 1. The Morgan fingerprint density at radius 2 is 1.77 bits per heavy atom. The second-order valence-corrected chi connectivity index (χ2v) is 7.72. The van der Waals surface area contributed by atoms with Crippen molar-refractivity contribution >= 4 is 23.1 Å². The van der Waals surface area contributed by atoms with Gasteiger partial charge in [-0.1, -0.05) is 54.1 Å². The molecule has 0 atom stereocenters. The Morgan fingerprint density at radius 3 is 2.58 bits per heavy atom. The summed E-state index contributed by atoms with van der Waals surface area (Å²) in [4.78, 5) is 8.95. The standard InChI is InChI=1S/C24H21ClN6/c25-20-9-4-8-19(14-20)22-16-24-28-21(18-6-2-1-3-7-18)15-23(31(24)29-22)27-10-5-12-30-13-11-26-17-30/h1-4,6-9,11,13-17,27H,5,10,12H2. The highest BCUT2D eigenvalue weighted by atomic mass is 35.5. The molecule has 31 heavy (non-hydrogen) atoms. The van der Waals surface area contributed by atoms with Crippen molar-refractivity contribution in [2.75, 3.05) is 11.9 Å². The van der Waals surface area contributed by atoms with Gasteiger partial charge in [0.25, 0.3) is 0 Å². The van der Waals surface area contributed by atoms with Gasteiger partial charge in [0, 0.05) is 53.8 Å². The molecule has 0 fully saturated rings. The van der Waals surface area contributed by atoms with Crippen molar-refractivity contribution < 1.29 is 0 Å². The first kappa shape index (κ1) is 19.3. The minimum absolute atomic E-state index is 0.686. The summed E-state index contributed by atoms with van der Waals surface area (Å²) < 4.78 is 3.93. The molecule has 5 aromatic rings. The monoisotopic (exact) mass is 428 g/mol. The van der Waals surface area contributed by atoms with E-state index in [2.05, 4.69) is 27.0 Å². The zero-order valence-corrected chi connectivity index (χ0v) is 17.6. The summed E-state index contributed by atoms with van der Waals surface area (Å²) in [5, 5.41) is 9.03. The quantitative estimate of drug-likeness (QED) is 0.352. The first-order chi connectivity index (χ1) is 15.3. The zero-order chi connectivity index (χ0) is 21.0. The van der Waals surface area contributed by atoms with Crippen molar-refractivity contribution in [3.63, 3.8) is 0 Å². The van der Waals surface area contributed by atoms with Gasteiger partial charge >= 0.3 is 0 Å². The highest BCUT2D eigenvalue weighted by Crippen LogP contribution is 2.27. The van der Waals surface area contributed by atoms with Gasteiger partial charge in [0.05, 0.1) is 17.7 Å². The molecule has 2 aromatic carbocycles. The van der Waals surface area contributed by atoms with Crippen LogP contribution in [0.1, 0.15) is 6.42 Å². The maximum atomic E-state index is 6.19. The largest absolute Gasteiger partial charge is 0.370 e. The number of benzene rings is 2. The van der Waals surface area contributed by atoms with E-state index in [0.717, 1.165) is 53.5 Å². The fraction of sp³-hybridized carbons (Fsp3) is 0.125. The first-order valence-corrected chi connectivity index (χ1v) is 10.6. The summed E-state index contributed by atoms with van der Waals surface area (Å²) in [6.07, 6.45) is 6.57. The van der Waals surface area contributed by atoms with E-state index >= 15 is 0 Å². The molecule has 0 aliphatic rings. The van der Waals surface area contributed by atoms with Crippen LogP contribution in [0.2, 0.25) is 5.02 Å². The molecule has 154 valence electrons. The van der Waals surface area contributed by atoms with Gasteiger partial charge in [0.1, 0.15) is 5.82 Å². The van der Waals surface area contributed by atoms with Gasteiger partial charge in [-0.25, -0.2) is 9.97 Å². The maximum Gasteiger partial charge on any atom is 0.158 e. The van der Waals surface area contributed by atoms with E-state index in [1.807, 2.05) is 71.6 Å². The Labute approximate surface area is 185 Å². The number of hydrogen-bond acceptors (Lipinski definition) is 4. The number of nitrogens with one attached hydrogen (secondary N) is 1. The van der Waals surface area contributed by atoms with E-state index in [9.17, 15) is 0 Å². The highest BCUT2D eigenvalue weighted by molar-refractivity contribution is 6.30. The molecule has 0 amide bonds.